The Bertz CT molecular complexity index is 1960. The number of carbonyl (C=O) groups is 4. The average Bonchev–Trinajstić information content (AvgIpc) is 3.81. The zero-order valence-corrected chi connectivity index (χ0v) is 24.0. The van der Waals surface area contributed by atoms with Crippen LogP contribution >= 0.6 is 0 Å². The largest absolute Gasteiger partial charge is 0.274 e. The van der Waals surface area contributed by atoms with E-state index in [4.69, 9.17) is 5.10 Å². The maximum Gasteiger partial charge on any atom is 0.254 e. The highest BCUT2D eigenvalue weighted by atomic mass is 16.2. The quantitative estimate of drug-likeness (QED) is 0.259. The number of benzene rings is 3. The van der Waals surface area contributed by atoms with E-state index >= 15 is 0 Å². The zero-order chi connectivity index (χ0) is 30.4. The Kier molecular flexibility index (Phi) is 4.65. The summed E-state index contributed by atoms with van der Waals surface area (Å²) < 4.78 is 0. The predicted octanol–water partition coefficient (Wildman–Crippen LogP) is 4.15. The number of para-hydroxylation sites is 1. The second-order valence-corrected chi connectivity index (χ2v) is 13.6. The van der Waals surface area contributed by atoms with E-state index < -0.39 is 35.0 Å². The molecule has 0 N–H and O–H groups in total. The van der Waals surface area contributed by atoms with Gasteiger partial charge in [0.05, 0.1) is 40.3 Å². The topological polar surface area (TPSA) is 111 Å². The van der Waals surface area contributed by atoms with Crippen LogP contribution in [-0.2, 0) is 24.6 Å². The third-order valence-electron chi connectivity index (χ3n) is 12.0. The fourth-order valence-corrected chi connectivity index (χ4v) is 10.3. The van der Waals surface area contributed by atoms with Crippen molar-refractivity contribution in [3.05, 3.63) is 113 Å². The molecule has 2 aliphatic heterocycles. The molecule has 8 nitrogen and oxygen atoms in total. The summed E-state index contributed by atoms with van der Waals surface area (Å²) in [6.07, 6.45) is 6.95. The van der Waals surface area contributed by atoms with E-state index in [1.54, 1.807) is 30.5 Å². The van der Waals surface area contributed by atoms with Crippen molar-refractivity contribution in [3.63, 3.8) is 0 Å². The summed E-state index contributed by atoms with van der Waals surface area (Å²) in [6, 6.07) is 24.4. The Balaban J connectivity index is 1.16. The van der Waals surface area contributed by atoms with Gasteiger partial charge in [0.15, 0.2) is 0 Å². The molecular formula is C37H26N4O4. The molecule has 2 saturated carbocycles. The van der Waals surface area contributed by atoms with Crippen LogP contribution in [0.1, 0.15) is 40.2 Å². The molecule has 0 aromatic heterocycles. The Hall–Kier alpha value is -5.16. The normalized spacial score (nSPS) is 37.4. The van der Waals surface area contributed by atoms with Crippen LogP contribution in [0.2, 0.25) is 0 Å². The van der Waals surface area contributed by atoms with Gasteiger partial charge < -0.3 is 0 Å². The monoisotopic (exact) mass is 590 g/mol. The molecule has 7 aliphatic carbocycles. The van der Waals surface area contributed by atoms with Crippen molar-refractivity contribution in [1.82, 2.24) is 5.01 Å². The summed E-state index contributed by atoms with van der Waals surface area (Å²) in [5.74, 6) is -3.04. The maximum absolute atomic E-state index is 14.7. The molecule has 218 valence electrons. The summed E-state index contributed by atoms with van der Waals surface area (Å²) in [4.78, 5) is 58.1. The lowest BCUT2D eigenvalue weighted by atomic mass is 9.47. The lowest BCUT2D eigenvalue weighted by Gasteiger charge is -2.52. The molecule has 4 bridgehead atoms. The summed E-state index contributed by atoms with van der Waals surface area (Å²) >= 11 is 0. The van der Waals surface area contributed by atoms with Crippen molar-refractivity contribution in [2.24, 2.45) is 52.4 Å². The summed E-state index contributed by atoms with van der Waals surface area (Å²) in [5, 5.41) is 15.7. The molecule has 2 heterocycles. The molecule has 2 saturated heterocycles. The number of amides is 4. The van der Waals surface area contributed by atoms with Crippen LogP contribution < -0.4 is 4.90 Å². The maximum atomic E-state index is 14.7. The first-order valence-corrected chi connectivity index (χ1v) is 15.6. The molecule has 3 aromatic carbocycles. The van der Waals surface area contributed by atoms with Crippen LogP contribution in [0.5, 0.6) is 0 Å². The number of hydrogen-bond donors (Lipinski definition) is 0. The van der Waals surface area contributed by atoms with E-state index in [2.05, 4.69) is 18.2 Å². The molecule has 8 atom stereocenters. The molecule has 8 heteroatoms. The van der Waals surface area contributed by atoms with Crippen molar-refractivity contribution in [1.29, 1.82) is 5.26 Å². The number of rotatable bonds is 3. The van der Waals surface area contributed by atoms with E-state index in [1.165, 1.54) is 4.90 Å². The lowest BCUT2D eigenvalue weighted by molar-refractivity contribution is -0.140. The van der Waals surface area contributed by atoms with Crippen molar-refractivity contribution < 1.29 is 19.2 Å². The van der Waals surface area contributed by atoms with Crippen LogP contribution in [0.25, 0.3) is 0 Å². The van der Waals surface area contributed by atoms with Crippen molar-refractivity contribution in [2.75, 3.05) is 4.90 Å². The van der Waals surface area contributed by atoms with Gasteiger partial charge in [0.25, 0.3) is 11.8 Å². The van der Waals surface area contributed by atoms with Crippen molar-refractivity contribution in [2.45, 2.75) is 17.8 Å². The van der Waals surface area contributed by atoms with Gasteiger partial charge in [-0.15, -0.1) is 0 Å². The second-order valence-electron chi connectivity index (χ2n) is 13.6. The third kappa shape index (κ3) is 2.82. The first-order valence-electron chi connectivity index (χ1n) is 15.6. The fourth-order valence-electron chi connectivity index (χ4n) is 10.3. The first-order chi connectivity index (χ1) is 22.0. The highest BCUT2D eigenvalue weighted by Crippen LogP contribution is 2.66. The van der Waals surface area contributed by atoms with Gasteiger partial charge in [0, 0.05) is 12.1 Å². The van der Waals surface area contributed by atoms with Crippen LogP contribution in [0.15, 0.2) is 90.0 Å². The summed E-state index contributed by atoms with van der Waals surface area (Å²) in [7, 11) is 0. The second kappa shape index (κ2) is 8.30. The lowest BCUT2D eigenvalue weighted by Crippen LogP contribution is -2.55. The summed E-state index contributed by atoms with van der Waals surface area (Å²) in [6.45, 7) is 0. The number of nitrogens with zero attached hydrogens (tertiary/aromatic N) is 4. The highest BCUT2D eigenvalue weighted by Gasteiger charge is 2.70. The Morgan fingerprint density at radius 2 is 1.31 bits per heavy atom. The minimum Gasteiger partial charge on any atom is -0.274 e. The average molecular weight is 591 g/mol. The number of nitriles is 1. The summed E-state index contributed by atoms with van der Waals surface area (Å²) in [5.41, 5.74) is 2.82. The minimum absolute atomic E-state index is 0.0681. The predicted molar refractivity (Wildman–Crippen MR) is 161 cm³/mol. The zero-order valence-electron chi connectivity index (χ0n) is 24.0. The standard InChI is InChI=1S/C37H26N4O4/c38-16-18-7-1-6-12-27(18)40-33(42)31-28-21-8-2-4-10-25(21)37(32(31)36(40)45,26-11-5-3-9-22(26)28)17-39-41-34(43)29-19-13-14-20(24-15-23(19)24)30(29)35(41)44/h1-14,17,19-20,23-24,28-32H,15H2/b39-17-/t19-,20-,23-,24+,28?,29-,30+,31+,32-,37?/m0/s1. The van der Waals surface area contributed by atoms with E-state index in [0.29, 0.717) is 11.8 Å². The number of hydrazone groups is 1. The van der Waals surface area contributed by atoms with Crippen LogP contribution in [0, 0.1) is 58.7 Å². The highest BCUT2D eigenvalue weighted by molar-refractivity contribution is 6.25. The molecule has 0 radical (unpaired) electrons. The number of anilines is 1. The van der Waals surface area contributed by atoms with E-state index in [-0.39, 0.29) is 46.7 Å². The van der Waals surface area contributed by atoms with Gasteiger partial charge in [-0.2, -0.15) is 15.4 Å². The number of imide groups is 2. The SMILES string of the molecule is N#Cc1ccccc1N1C(=O)[C@@H]2C3c4ccccc4C(/C=N\N4C(=O)[C@@H]5[C@H]6C=C[C@@H]([C@@H]7C[C@H]67)[C@@H]5C4=O)(c4ccccc43)[C@@H]2C1=O. The number of hydrogen-bond acceptors (Lipinski definition) is 6. The van der Waals surface area contributed by atoms with Gasteiger partial charge in [-0.3, -0.25) is 19.2 Å². The van der Waals surface area contributed by atoms with Crippen molar-refractivity contribution >= 4 is 35.5 Å². The number of allylic oxidation sites excluding steroid dienone is 2. The fraction of sp³-hybridized carbons (Fsp3) is 0.297. The van der Waals surface area contributed by atoms with Crippen LogP contribution in [0.3, 0.4) is 0 Å². The first kappa shape index (κ1) is 25.2. The minimum atomic E-state index is -1.22. The van der Waals surface area contributed by atoms with Gasteiger partial charge in [0.1, 0.15) is 6.07 Å². The third-order valence-corrected chi connectivity index (χ3v) is 12.0. The van der Waals surface area contributed by atoms with Gasteiger partial charge in [-0.05, 0) is 64.5 Å². The Morgan fingerprint density at radius 3 is 1.93 bits per heavy atom. The molecule has 4 amide bonds. The molecule has 45 heavy (non-hydrogen) atoms. The van der Waals surface area contributed by atoms with E-state index in [9.17, 15) is 24.4 Å². The molecule has 4 fully saturated rings. The smallest absolute Gasteiger partial charge is 0.254 e. The van der Waals surface area contributed by atoms with Gasteiger partial charge in [-0.25, -0.2) is 4.90 Å². The molecule has 9 aliphatic rings. The van der Waals surface area contributed by atoms with Gasteiger partial charge >= 0.3 is 0 Å². The molecule has 12 rings (SSSR count). The van der Waals surface area contributed by atoms with Gasteiger partial charge in [0.2, 0.25) is 11.8 Å². The van der Waals surface area contributed by atoms with Crippen LogP contribution in [-0.4, -0.2) is 34.9 Å². The van der Waals surface area contributed by atoms with E-state index in [0.717, 1.165) is 33.7 Å². The van der Waals surface area contributed by atoms with Crippen LogP contribution in [0.4, 0.5) is 5.69 Å². The molecule has 0 spiro atoms. The Morgan fingerprint density at radius 1 is 0.733 bits per heavy atom. The van der Waals surface area contributed by atoms with Crippen molar-refractivity contribution in [3.8, 4) is 6.07 Å². The molecule has 3 aromatic rings. The number of carbonyl (C=O) groups excluding carboxylic acids is 4. The molecule has 0 unspecified atom stereocenters. The Labute approximate surface area is 258 Å². The molecular weight excluding hydrogens is 564 g/mol. The van der Waals surface area contributed by atoms with E-state index in [1.807, 2.05) is 48.5 Å². The van der Waals surface area contributed by atoms with Gasteiger partial charge in [-0.1, -0.05) is 72.8 Å².